The number of pyridine rings is 1. The Morgan fingerprint density at radius 1 is 1.35 bits per heavy atom. The predicted octanol–water partition coefficient (Wildman–Crippen LogP) is 2.06. The monoisotopic (exact) mass is 316 g/mol. The second-order valence-corrected chi connectivity index (χ2v) is 6.49. The smallest absolute Gasteiger partial charge is 0.315 e. The third-order valence-electron chi connectivity index (χ3n) is 4.92. The topological polar surface area (TPSA) is 74.3 Å². The van der Waals surface area contributed by atoms with Crippen molar-refractivity contribution in [2.24, 2.45) is 5.92 Å². The standard InChI is InChI=1S/C17H24N4O2/c1-12(13-5-2-6-13)19-17(23)20-15-8-4-10-21(16(15)22)14-7-3-9-18-11-14/h3,7,9,11-13,15H,2,4-6,8,10H2,1H3,(H2,19,20,23)/t12-,15+/m1/s1. The van der Waals surface area contributed by atoms with Crippen LogP contribution in [0.5, 0.6) is 0 Å². The number of urea groups is 1. The van der Waals surface area contributed by atoms with Gasteiger partial charge in [0.1, 0.15) is 6.04 Å². The quantitative estimate of drug-likeness (QED) is 0.893. The molecule has 2 aliphatic rings. The van der Waals surface area contributed by atoms with Crippen LogP contribution in [0.2, 0.25) is 0 Å². The van der Waals surface area contributed by atoms with E-state index in [1.54, 1.807) is 17.3 Å². The highest BCUT2D eigenvalue weighted by Crippen LogP contribution is 2.29. The van der Waals surface area contributed by atoms with Crippen molar-refractivity contribution in [3.63, 3.8) is 0 Å². The van der Waals surface area contributed by atoms with Crippen molar-refractivity contribution < 1.29 is 9.59 Å². The number of hydrogen-bond donors (Lipinski definition) is 2. The van der Waals surface area contributed by atoms with Gasteiger partial charge >= 0.3 is 6.03 Å². The van der Waals surface area contributed by atoms with Crippen molar-refractivity contribution in [1.82, 2.24) is 15.6 Å². The Morgan fingerprint density at radius 2 is 2.17 bits per heavy atom. The fourth-order valence-corrected chi connectivity index (χ4v) is 3.24. The van der Waals surface area contributed by atoms with E-state index in [0.717, 1.165) is 12.1 Å². The summed E-state index contributed by atoms with van der Waals surface area (Å²) in [5.41, 5.74) is 0.784. The van der Waals surface area contributed by atoms with E-state index in [2.05, 4.69) is 15.6 Å². The Bertz CT molecular complexity index is 559. The molecule has 0 unspecified atom stereocenters. The molecule has 0 bridgehead atoms. The number of nitrogens with zero attached hydrogens (tertiary/aromatic N) is 2. The molecule has 1 aromatic rings. The van der Waals surface area contributed by atoms with Crippen molar-refractivity contribution in [2.45, 2.75) is 51.1 Å². The molecule has 1 aliphatic heterocycles. The molecular formula is C17H24N4O2. The van der Waals surface area contributed by atoms with E-state index in [9.17, 15) is 9.59 Å². The Hall–Kier alpha value is -2.11. The van der Waals surface area contributed by atoms with Crippen LogP contribution < -0.4 is 15.5 Å². The van der Waals surface area contributed by atoms with E-state index in [0.29, 0.717) is 18.9 Å². The highest BCUT2D eigenvalue weighted by molar-refractivity contribution is 5.99. The summed E-state index contributed by atoms with van der Waals surface area (Å²) < 4.78 is 0. The first kappa shape index (κ1) is 15.8. The van der Waals surface area contributed by atoms with Gasteiger partial charge in [0.15, 0.2) is 0 Å². The van der Waals surface area contributed by atoms with Crippen LogP contribution in [0.4, 0.5) is 10.5 Å². The van der Waals surface area contributed by atoms with Gasteiger partial charge < -0.3 is 15.5 Å². The first-order valence-electron chi connectivity index (χ1n) is 8.43. The Morgan fingerprint density at radius 3 is 2.83 bits per heavy atom. The van der Waals surface area contributed by atoms with Crippen LogP contribution in [-0.4, -0.2) is 35.6 Å². The lowest BCUT2D eigenvalue weighted by molar-refractivity contribution is -0.121. The molecule has 3 amide bonds. The molecule has 2 fully saturated rings. The highest BCUT2D eigenvalue weighted by Gasteiger charge is 2.32. The van der Waals surface area contributed by atoms with Gasteiger partial charge in [-0.05, 0) is 50.7 Å². The molecule has 2 N–H and O–H groups in total. The largest absolute Gasteiger partial charge is 0.335 e. The summed E-state index contributed by atoms with van der Waals surface area (Å²) in [7, 11) is 0. The molecule has 0 radical (unpaired) electrons. The number of amides is 3. The lowest BCUT2D eigenvalue weighted by atomic mass is 9.80. The molecule has 0 aromatic carbocycles. The van der Waals surface area contributed by atoms with Crippen LogP contribution in [0.3, 0.4) is 0 Å². The van der Waals surface area contributed by atoms with Crippen molar-refractivity contribution >= 4 is 17.6 Å². The maximum Gasteiger partial charge on any atom is 0.315 e. The van der Waals surface area contributed by atoms with Crippen LogP contribution in [0.15, 0.2) is 24.5 Å². The maximum atomic E-state index is 12.6. The summed E-state index contributed by atoms with van der Waals surface area (Å²) in [6.07, 6.45) is 8.52. The third kappa shape index (κ3) is 3.63. The van der Waals surface area contributed by atoms with Gasteiger partial charge in [-0.2, -0.15) is 0 Å². The van der Waals surface area contributed by atoms with Crippen molar-refractivity contribution in [3.8, 4) is 0 Å². The first-order valence-corrected chi connectivity index (χ1v) is 8.43. The van der Waals surface area contributed by atoms with Gasteiger partial charge in [0.25, 0.3) is 0 Å². The molecule has 124 valence electrons. The molecule has 2 heterocycles. The number of hydrogen-bond acceptors (Lipinski definition) is 3. The van der Waals surface area contributed by atoms with Crippen molar-refractivity contribution in [1.29, 1.82) is 0 Å². The summed E-state index contributed by atoms with van der Waals surface area (Å²) in [5, 5.41) is 5.81. The predicted molar refractivity (Wildman–Crippen MR) is 88.1 cm³/mol. The van der Waals surface area contributed by atoms with Gasteiger partial charge in [0.2, 0.25) is 5.91 Å². The van der Waals surface area contributed by atoms with Gasteiger partial charge in [-0.1, -0.05) is 6.42 Å². The summed E-state index contributed by atoms with van der Waals surface area (Å²) in [6.45, 7) is 2.71. The summed E-state index contributed by atoms with van der Waals surface area (Å²) in [5.74, 6) is 0.519. The van der Waals surface area contributed by atoms with E-state index < -0.39 is 6.04 Å². The average molecular weight is 316 g/mol. The Balaban J connectivity index is 1.56. The maximum absolute atomic E-state index is 12.6. The molecule has 6 heteroatoms. The van der Waals surface area contributed by atoms with E-state index in [1.807, 2.05) is 19.1 Å². The summed E-state index contributed by atoms with van der Waals surface area (Å²) >= 11 is 0. The van der Waals surface area contributed by atoms with E-state index in [-0.39, 0.29) is 18.0 Å². The Kier molecular flexibility index (Phi) is 4.79. The molecule has 3 rings (SSSR count). The van der Waals surface area contributed by atoms with Crippen LogP contribution in [-0.2, 0) is 4.79 Å². The summed E-state index contributed by atoms with van der Waals surface area (Å²) in [4.78, 5) is 30.5. The molecule has 2 atom stereocenters. The first-order chi connectivity index (χ1) is 11.1. The van der Waals surface area contributed by atoms with Crippen molar-refractivity contribution in [3.05, 3.63) is 24.5 Å². The number of aromatic nitrogens is 1. The minimum atomic E-state index is -0.461. The zero-order chi connectivity index (χ0) is 16.2. The van der Waals surface area contributed by atoms with Crippen LogP contribution in [0.25, 0.3) is 0 Å². The van der Waals surface area contributed by atoms with E-state index in [1.165, 1.54) is 19.3 Å². The molecule has 6 nitrogen and oxygen atoms in total. The molecule has 1 saturated carbocycles. The number of carbonyl (C=O) groups excluding carboxylic acids is 2. The van der Waals surface area contributed by atoms with Crippen LogP contribution in [0, 0.1) is 5.92 Å². The minimum Gasteiger partial charge on any atom is -0.335 e. The number of rotatable bonds is 4. The lowest BCUT2D eigenvalue weighted by Crippen LogP contribution is -2.56. The highest BCUT2D eigenvalue weighted by atomic mass is 16.2. The van der Waals surface area contributed by atoms with E-state index >= 15 is 0 Å². The molecule has 1 aromatic heterocycles. The van der Waals surface area contributed by atoms with Gasteiger partial charge in [0.05, 0.1) is 11.9 Å². The zero-order valence-corrected chi connectivity index (χ0v) is 13.5. The van der Waals surface area contributed by atoms with Crippen LogP contribution >= 0.6 is 0 Å². The van der Waals surface area contributed by atoms with E-state index in [4.69, 9.17) is 0 Å². The second kappa shape index (κ2) is 6.98. The second-order valence-electron chi connectivity index (χ2n) is 6.49. The average Bonchev–Trinajstić information content (AvgIpc) is 2.48. The number of carbonyl (C=O) groups is 2. The molecular weight excluding hydrogens is 292 g/mol. The fourth-order valence-electron chi connectivity index (χ4n) is 3.24. The van der Waals surface area contributed by atoms with Gasteiger partial charge in [-0.25, -0.2) is 4.79 Å². The van der Waals surface area contributed by atoms with Gasteiger partial charge in [0, 0.05) is 18.8 Å². The third-order valence-corrected chi connectivity index (χ3v) is 4.92. The van der Waals surface area contributed by atoms with Crippen molar-refractivity contribution in [2.75, 3.05) is 11.4 Å². The van der Waals surface area contributed by atoms with Gasteiger partial charge in [-0.15, -0.1) is 0 Å². The molecule has 23 heavy (non-hydrogen) atoms. The molecule has 0 spiro atoms. The number of anilines is 1. The SMILES string of the molecule is C[C@@H](NC(=O)N[C@H]1CCCN(c2cccnc2)C1=O)C1CCC1. The molecule has 1 aliphatic carbocycles. The fraction of sp³-hybridized carbons (Fsp3) is 0.588. The number of nitrogens with one attached hydrogen (secondary N) is 2. The Labute approximate surface area is 136 Å². The normalized spacial score (nSPS) is 23.1. The minimum absolute atomic E-state index is 0.0595. The molecule has 1 saturated heterocycles. The summed E-state index contributed by atoms with van der Waals surface area (Å²) in [6, 6.07) is 3.14. The zero-order valence-electron chi connectivity index (χ0n) is 13.5. The van der Waals surface area contributed by atoms with Gasteiger partial charge in [-0.3, -0.25) is 9.78 Å². The number of piperidine rings is 1. The van der Waals surface area contributed by atoms with Crippen LogP contribution in [0.1, 0.15) is 39.0 Å². The lowest BCUT2D eigenvalue weighted by Gasteiger charge is -2.34.